The van der Waals surface area contributed by atoms with Gasteiger partial charge in [0.25, 0.3) is 5.91 Å². The lowest BCUT2D eigenvalue weighted by Crippen LogP contribution is -2.37. The zero-order valence-electron chi connectivity index (χ0n) is 18.2. The van der Waals surface area contributed by atoms with Crippen LogP contribution in [0.15, 0.2) is 42.5 Å². The largest absolute Gasteiger partial charge is 0.504 e. The maximum atomic E-state index is 12.5. The molecule has 2 aliphatic rings. The van der Waals surface area contributed by atoms with E-state index >= 15 is 0 Å². The summed E-state index contributed by atoms with van der Waals surface area (Å²) in [5, 5.41) is 13.0. The lowest BCUT2D eigenvalue weighted by Gasteiger charge is -2.32. The van der Waals surface area contributed by atoms with Gasteiger partial charge in [0.1, 0.15) is 5.75 Å². The predicted octanol–water partition coefficient (Wildman–Crippen LogP) is 3.97. The Hall–Kier alpha value is -2.73. The number of piperidine rings is 1. The SMILES string of the molecule is CCOc1cc(CN2CCCC(COc3ccccc3C(=O)NC3CC3)C2)ccc1O. The van der Waals surface area contributed by atoms with Crippen molar-refractivity contribution in [2.75, 3.05) is 26.3 Å². The molecule has 1 atom stereocenters. The molecule has 2 aromatic rings. The van der Waals surface area contributed by atoms with Gasteiger partial charge in [-0.3, -0.25) is 9.69 Å². The Morgan fingerprint density at radius 1 is 1.13 bits per heavy atom. The first-order valence-electron chi connectivity index (χ1n) is 11.3. The van der Waals surface area contributed by atoms with Gasteiger partial charge in [-0.1, -0.05) is 18.2 Å². The van der Waals surface area contributed by atoms with Crippen LogP contribution >= 0.6 is 0 Å². The summed E-state index contributed by atoms with van der Waals surface area (Å²) in [6.45, 7) is 5.85. The molecule has 6 heteroatoms. The second kappa shape index (κ2) is 10.1. The highest BCUT2D eigenvalue weighted by molar-refractivity contribution is 5.97. The maximum Gasteiger partial charge on any atom is 0.255 e. The first kappa shape index (κ1) is 21.5. The zero-order valence-corrected chi connectivity index (χ0v) is 18.2. The maximum absolute atomic E-state index is 12.5. The highest BCUT2D eigenvalue weighted by Gasteiger charge is 2.26. The van der Waals surface area contributed by atoms with E-state index in [9.17, 15) is 9.90 Å². The quantitative estimate of drug-likeness (QED) is 0.637. The number of phenolic OH excluding ortho intramolecular Hbond substituents is 1. The fraction of sp³-hybridized carbons (Fsp3) is 0.480. The molecular weight excluding hydrogens is 392 g/mol. The van der Waals surface area contributed by atoms with Gasteiger partial charge in [-0.05, 0) is 69.0 Å². The van der Waals surface area contributed by atoms with Crippen LogP contribution in [-0.4, -0.2) is 48.3 Å². The average molecular weight is 425 g/mol. The Morgan fingerprint density at radius 2 is 1.97 bits per heavy atom. The summed E-state index contributed by atoms with van der Waals surface area (Å²) in [6.07, 6.45) is 4.38. The second-order valence-corrected chi connectivity index (χ2v) is 8.53. The number of likely N-dealkylation sites (tertiary alicyclic amines) is 1. The first-order valence-corrected chi connectivity index (χ1v) is 11.3. The number of phenols is 1. The van der Waals surface area contributed by atoms with E-state index in [1.165, 1.54) is 0 Å². The molecule has 0 spiro atoms. The number of ether oxygens (including phenoxy) is 2. The Kier molecular flexibility index (Phi) is 6.97. The van der Waals surface area contributed by atoms with Crippen LogP contribution in [0.1, 0.15) is 48.5 Å². The monoisotopic (exact) mass is 424 g/mol. The number of hydrogen-bond donors (Lipinski definition) is 2. The highest BCUT2D eigenvalue weighted by Crippen LogP contribution is 2.29. The van der Waals surface area contributed by atoms with Crippen molar-refractivity contribution in [3.8, 4) is 17.2 Å². The Morgan fingerprint density at radius 3 is 2.77 bits per heavy atom. The van der Waals surface area contributed by atoms with E-state index in [2.05, 4.69) is 10.2 Å². The van der Waals surface area contributed by atoms with Crippen LogP contribution in [0.4, 0.5) is 0 Å². The molecule has 4 rings (SSSR count). The van der Waals surface area contributed by atoms with Crippen LogP contribution in [0.25, 0.3) is 0 Å². The number of amides is 1. The van der Waals surface area contributed by atoms with Gasteiger partial charge >= 0.3 is 0 Å². The molecule has 166 valence electrons. The van der Waals surface area contributed by atoms with Gasteiger partial charge in [0.05, 0.1) is 18.8 Å². The summed E-state index contributed by atoms with van der Waals surface area (Å²) >= 11 is 0. The molecule has 1 unspecified atom stereocenters. The fourth-order valence-corrected chi connectivity index (χ4v) is 4.10. The van der Waals surface area contributed by atoms with Crippen molar-refractivity contribution >= 4 is 5.91 Å². The highest BCUT2D eigenvalue weighted by atomic mass is 16.5. The molecule has 31 heavy (non-hydrogen) atoms. The lowest BCUT2D eigenvalue weighted by molar-refractivity contribution is 0.0940. The van der Waals surface area contributed by atoms with Crippen molar-refractivity contribution in [1.29, 1.82) is 0 Å². The standard InChI is InChI=1S/C25H32N2O4/c1-2-30-24-14-18(9-12-22(24)28)15-27-13-5-6-19(16-27)17-31-23-8-4-3-7-21(23)25(29)26-20-10-11-20/h3-4,7-9,12,14,19-20,28H,2,5-6,10-11,13,15-17H2,1H3,(H,26,29). The van der Waals surface area contributed by atoms with Crippen LogP contribution in [0.2, 0.25) is 0 Å². The molecule has 1 amide bonds. The Balaban J connectivity index is 1.33. The minimum absolute atomic E-state index is 0.0409. The van der Waals surface area contributed by atoms with Crippen LogP contribution in [0.5, 0.6) is 17.2 Å². The van der Waals surface area contributed by atoms with Crippen LogP contribution < -0.4 is 14.8 Å². The van der Waals surface area contributed by atoms with Crippen molar-refractivity contribution in [2.45, 2.75) is 45.2 Å². The number of rotatable bonds is 9. The molecule has 2 fully saturated rings. The van der Waals surface area contributed by atoms with Gasteiger partial charge in [0, 0.05) is 25.0 Å². The third-order valence-corrected chi connectivity index (χ3v) is 5.85. The summed E-state index contributed by atoms with van der Waals surface area (Å²) in [5.41, 5.74) is 1.75. The second-order valence-electron chi connectivity index (χ2n) is 8.53. The van der Waals surface area contributed by atoms with Gasteiger partial charge < -0.3 is 19.9 Å². The van der Waals surface area contributed by atoms with Crippen LogP contribution in [0.3, 0.4) is 0 Å². The normalized spacial score (nSPS) is 19.1. The molecule has 6 nitrogen and oxygen atoms in total. The smallest absolute Gasteiger partial charge is 0.255 e. The van der Waals surface area contributed by atoms with Gasteiger partial charge in [-0.15, -0.1) is 0 Å². The third kappa shape index (κ3) is 5.91. The van der Waals surface area contributed by atoms with Gasteiger partial charge in [0.2, 0.25) is 0 Å². The topological polar surface area (TPSA) is 71.0 Å². The Bertz CT molecular complexity index is 897. The first-order chi connectivity index (χ1) is 15.1. The predicted molar refractivity (Wildman–Crippen MR) is 120 cm³/mol. The van der Waals surface area contributed by atoms with Gasteiger partial charge in [0.15, 0.2) is 11.5 Å². The molecule has 1 saturated carbocycles. The molecule has 1 heterocycles. The van der Waals surface area contributed by atoms with Crippen molar-refractivity contribution < 1.29 is 19.4 Å². The number of benzene rings is 2. The summed E-state index contributed by atoms with van der Waals surface area (Å²) < 4.78 is 11.6. The number of aromatic hydroxyl groups is 1. The summed E-state index contributed by atoms with van der Waals surface area (Å²) in [5.74, 6) is 1.76. The van der Waals surface area contributed by atoms with E-state index in [1.807, 2.05) is 43.3 Å². The van der Waals surface area contributed by atoms with Crippen molar-refractivity contribution in [3.05, 3.63) is 53.6 Å². The van der Waals surface area contributed by atoms with Crippen molar-refractivity contribution in [3.63, 3.8) is 0 Å². The molecule has 2 aromatic carbocycles. The molecular formula is C25H32N2O4. The minimum atomic E-state index is -0.0409. The van der Waals surface area contributed by atoms with Crippen LogP contribution in [0, 0.1) is 5.92 Å². The molecule has 0 aromatic heterocycles. The number of hydrogen-bond acceptors (Lipinski definition) is 5. The molecule has 1 saturated heterocycles. The average Bonchev–Trinajstić information content (AvgIpc) is 3.59. The number of carbonyl (C=O) groups excluding carboxylic acids is 1. The van der Waals surface area contributed by atoms with Crippen molar-refractivity contribution in [2.24, 2.45) is 5.92 Å². The third-order valence-electron chi connectivity index (χ3n) is 5.85. The Labute approximate surface area is 184 Å². The summed E-state index contributed by atoms with van der Waals surface area (Å²) in [4.78, 5) is 14.9. The van der Waals surface area contributed by atoms with E-state index in [1.54, 1.807) is 6.07 Å². The van der Waals surface area contributed by atoms with Gasteiger partial charge in [-0.25, -0.2) is 0 Å². The number of para-hydroxylation sites is 1. The molecule has 2 N–H and O–H groups in total. The summed E-state index contributed by atoms with van der Waals surface area (Å²) in [6, 6.07) is 13.4. The molecule has 0 bridgehead atoms. The minimum Gasteiger partial charge on any atom is -0.504 e. The van der Waals surface area contributed by atoms with E-state index in [4.69, 9.17) is 9.47 Å². The summed E-state index contributed by atoms with van der Waals surface area (Å²) in [7, 11) is 0. The lowest BCUT2D eigenvalue weighted by atomic mass is 9.98. The van der Waals surface area contributed by atoms with E-state index in [0.717, 1.165) is 50.9 Å². The van der Waals surface area contributed by atoms with E-state index in [-0.39, 0.29) is 11.7 Å². The number of nitrogens with zero attached hydrogens (tertiary/aromatic N) is 1. The van der Waals surface area contributed by atoms with Crippen molar-refractivity contribution in [1.82, 2.24) is 10.2 Å². The molecule has 0 radical (unpaired) electrons. The number of carbonyl (C=O) groups is 1. The van der Waals surface area contributed by atoms with E-state index in [0.29, 0.717) is 42.2 Å². The molecule has 1 aliphatic heterocycles. The fourth-order valence-electron chi connectivity index (χ4n) is 4.10. The zero-order chi connectivity index (χ0) is 21.6. The molecule has 1 aliphatic carbocycles. The van der Waals surface area contributed by atoms with E-state index < -0.39 is 0 Å². The van der Waals surface area contributed by atoms with Gasteiger partial charge in [-0.2, -0.15) is 0 Å². The van der Waals surface area contributed by atoms with Crippen LogP contribution in [-0.2, 0) is 6.54 Å². The number of nitrogens with one attached hydrogen (secondary N) is 1.